The van der Waals surface area contributed by atoms with Crippen LogP contribution in [-0.4, -0.2) is 18.5 Å². The van der Waals surface area contributed by atoms with Crippen molar-refractivity contribution in [2.75, 3.05) is 6.54 Å². The van der Waals surface area contributed by atoms with E-state index >= 15 is 0 Å². The Morgan fingerprint density at radius 1 is 1.20 bits per heavy atom. The minimum atomic E-state index is -2.41. The van der Waals surface area contributed by atoms with Crippen molar-refractivity contribution in [3.05, 3.63) is 11.6 Å². The second kappa shape index (κ2) is 7.53. The third kappa shape index (κ3) is 4.54. The summed E-state index contributed by atoms with van der Waals surface area (Å²) in [5.41, 5.74) is 1.50. The van der Waals surface area contributed by atoms with Gasteiger partial charge in [0.05, 0.1) is 0 Å². The molecule has 0 spiro atoms. The highest BCUT2D eigenvalue weighted by molar-refractivity contribution is 5.14. The molecular formula is C17H29F2N. The van der Waals surface area contributed by atoms with Crippen LogP contribution in [0.2, 0.25) is 0 Å². The first kappa shape index (κ1) is 15.9. The summed E-state index contributed by atoms with van der Waals surface area (Å²) in [6, 6.07) is 0.342. The van der Waals surface area contributed by atoms with Crippen LogP contribution in [0.3, 0.4) is 0 Å². The van der Waals surface area contributed by atoms with Crippen LogP contribution >= 0.6 is 0 Å². The van der Waals surface area contributed by atoms with E-state index < -0.39 is 5.92 Å². The molecule has 0 saturated heterocycles. The Morgan fingerprint density at radius 2 is 1.90 bits per heavy atom. The lowest BCUT2D eigenvalue weighted by molar-refractivity contribution is -0.0483. The standard InChI is InChI=1S/C17H29F2N/c1-2-20-16(14-8-6-4-3-5-7-9-14)15-10-12-17(18,19)13-11-15/h8,15-16,20H,2-7,9-13H2,1H3. The quantitative estimate of drug-likeness (QED) is 0.711. The van der Waals surface area contributed by atoms with E-state index in [4.69, 9.17) is 0 Å². The second-order valence-electron chi connectivity index (χ2n) is 6.46. The van der Waals surface area contributed by atoms with E-state index in [1.165, 1.54) is 37.7 Å². The molecule has 1 atom stereocenters. The van der Waals surface area contributed by atoms with Crippen LogP contribution in [0.15, 0.2) is 11.6 Å². The van der Waals surface area contributed by atoms with E-state index in [2.05, 4.69) is 18.3 Å². The van der Waals surface area contributed by atoms with E-state index in [9.17, 15) is 8.78 Å². The zero-order valence-corrected chi connectivity index (χ0v) is 12.8. The molecule has 0 aromatic rings. The van der Waals surface area contributed by atoms with Crippen LogP contribution < -0.4 is 5.32 Å². The van der Waals surface area contributed by atoms with Crippen LogP contribution in [0.5, 0.6) is 0 Å². The van der Waals surface area contributed by atoms with Gasteiger partial charge in [-0.05, 0) is 51.0 Å². The monoisotopic (exact) mass is 285 g/mol. The highest BCUT2D eigenvalue weighted by Crippen LogP contribution is 2.39. The normalized spacial score (nSPS) is 26.4. The SMILES string of the molecule is CCNC(C1=CCCCCCC1)C1CCC(F)(F)CC1. The summed E-state index contributed by atoms with van der Waals surface area (Å²) in [4.78, 5) is 0. The van der Waals surface area contributed by atoms with Gasteiger partial charge in [0.1, 0.15) is 0 Å². The molecule has 0 radical (unpaired) electrons. The Kier molecular flexibility index (Phi) is 6.01. The number of halogens is 2. The zero-order chi connectivity index (χ0) is 14.4. The van der Waals surface area contributed by atoms with Gasteiger partial charge in [-0.15, -0.1) is 0 Å². The third-order valence-corrected chi connectivity index (χ3v) is 4.88. The van der Waals surface area contributed by atoms with Crippen LogP contribution in [-0.2, 0) is 0 Å². The maximum Gasteiger partial charge on any atom is 0.248 e. The van der Waals surface area contributed by atoms with Crippen molar-refractivity contribution >= 4 is 0 Å². The van der Waals surface area contributed by atoms with Gasteiger partial charge in [-0.25, -0.2) is 8.78 Å². The molecule has 0 aromatic carbocycles. The Bertz CT molecular complexity index is 315. The summed E-state index contributed by atoms with van der Waals surface area (Å²) in [7, 11) is 0. The van der Waals surface area contributed by atoms with Gasteiger partial charge in [0, 0.05) is 18.9 Å². The Balaban J connectivity index is 2.02. The van der Waals surface area contributed by atoms with Crippen LogP contribution in [0, 0.1) is 5.92 Å². The zero-order valence-electron chi connectivity index (χ0n) is 12.8. The molecule has 3 heteroatoms. The average molecular weight is 285 g/mol. The molecular weight excluding hydrogens is 256 g/mol. The van der Waals surface area contributed by atoms with Crippen molar-refractivity contribution in [3.8, 4) is 0 Å². The van der Waals surface area contributed by atoms with Crippen LogP contribution in [0.25, 0.3) is 0 Å². The minimum Gasteiger partial charge on any atom is -0.310 e. The fourth-order valence-corrected chi connectivity index (χ4v) is 3.72. The van der Waals surface area contributed by atoms with E-state index in [0.717, 1.165) is 13.0 Å². The molecule has 1 N–H and O–H groups in total. The summed E-state index contributed by atoms with van der Waals surface area (Å²) < 4.78 is 26.7. The molecule has 1 nitrogen and oxygen atoms in total. The molecule has 0 heterocycles. The molecule has 1 fully saturated rings. The smallest absolute Gasteiger partial charge is 0.248 e. The van der Waals surface area contributed by atoms with Crippen molar-refractivity contribution in [3.63, 3.8) is 0 Å². The summed E-state index contributed by atoms with van der Waals surface area (Å²) in [6.45, 7) is 3.04. The van der Waals surface area contributed by atoms with Crippen molar-refractivity contribution < 1.29 is 8.78 Å². The Labute approximate surface area is 122 Å². The number of hydrogen-bond donors (Lipinski definition) is 1. The molecule has 1 unspecified atom stereocenters. The average Bonchev–Trinajstić information content (AvgIpc) is 2.37. The first-order valence-corrected chi connectivity index (χ1v) is 8.42. The highest BCUT2D eigenvalue weighted by atomic mass is 19.3. The molecule has 0 aromatic heterocycles. The lowest BCUT2D eigenvalue weighted by atomic mass is 9.78. The van der Waals surface area contributed by atoms with Gasteiger partial charge < -0.3 is 5.32 Å². The fraction of sp³-hybridized carbons (Fsp3) is 0.882. The fourth-order valence-electron chi connectivity index (χ4n) is 3.72. The van der Waals surface area contributed by atoms with Gasteiger partial charge >= 0.3 is 0 Å². The van der Waals surface area contributed by atoms with Crippen molar-refractivity contribution in [1.29, 1.82) is 0 Å². The number of alkyl halides is 2. The Morgan fingerprint density at radius 3 is 2.60 bits per heavy atom. The summed E-state index contributed by atoms with van der Waals surface area (Å²) in [5, 5.41) is 3.58. The molecule has 0 aliphatic heterocycles. The molecule has 20 heavy (non-hydrogen) atoms. The van der Waals surface area contributed by atoms with Crippen molar-refractivity contribution in [1.82, 2.24) is 5.32 Å². The highest BCUT2D eigenvalue weighted by Gasteiger charge is 2.38. The maximum atomic E-state index is 13.4. The van der Waals surface area contributed by atoms with E-state index in [1.54, 1.807) is 0 Å². The number of rotatable bonds is 4. The molecule has 2 rings (SSSR count). The summed E-state index contributed by atoms with van der Waals surface area (Å²) in [6.07, 6.45) is 11.4. The number of hydrogen-bond acceptors (Lipinski definition) is 1. The van der Waals surface area contributed by atoms with E-state index in [-0.39, 0.29) is 12.8 Å². The van der Waals surface area contributed by atoms with Gasteiger partial charge in [0.25, 0.3) is 0 Å². The molecule has 0 amide bonds. The minimum absolute atomic E-state index is 0.0762. The number of nitrogens with one attached hydrogen (secondary N) is 1. The second-order valence-corrected chi connectivity index (χ2v) is 6.46. The molecule has 0 bridgehead atoms. The van der Waals surface area contributed by atoms with Gasteiger partial charge in [-0.1, -0.05) is 31.4 Å². The predicted molar refractivity (Wildman–Crippen MR) is 80.2 cm³/mol. The molecule has 2 aliphatic carbocycles. The molecule has 116 valence electrons. The van der Waals surface area contributed by atoms with Crippen molar-refractivity contribution in [2.45, 2.75) is 83.1 Å². The number of likely N-dealkylation sites (N-methyl/N-ethyl adjacent to an activating group) is 1. The first-order chi connectivity index (χ1) is 9.62. The maximum absolute atomic E-state index is 13.4. The van der Waals surface area contributed by atoms with E-state index in [0.29, 0.717) is 24.8 Å². The van der Waals surface area contributed by atoms with Crippen LogP contribution in [0.1, 0.15) is 71.1 Å². The lowest BCUT2D eigenvalue weighted by Crippen LogP contribution is -2.41. The van der Waals surface area contributed by atoms with Gasteiger partial charge in [0.15, 0.2) is 0 Å². The van der Waals surface area contributed by atoms with E-state index in [1.807, 2.05) is 0 Å². The predicted octanol–water partition coefficient (Wildman–Crippen LogP) is 5.07. The van der Waals surface area contributed by atoms with Gasteiger partial charge in [-0.3, -0.25) is 0 Å². The third-order valence-electron chi connectivity index (χ3n) is 4.88. The van der Waals surface area contributed by atoms with Crippen LogP contribution in [0.4, 0.5) is 8.78 Å². The topological polar surface area (TPSA) is 12.0 Å². The van der Waals surface area contributed by atoms with Crippen molar-refractivity contribution in [2.24, 2.45) is 5.92 Å². The first-order valence-electron chi connectivity index (χ1n) is 8.42. The Hall–Kier alpha value is -0.440. The summed E-state index contributed by atoms with van der Waals surface area (Å²) >= 11 is 0. The molecule has 1 saturated carbocycles. The van der Waals surface area contributed by atoms with Gasteiger partial charge in [-0.2, -0.15) is 0 Å². The summed E-state index contributed by atoms with van der Waals surface area (Å²) in [5.74, 6) is -2.01. The van der Waals surface area contributed by atoms with Gasteiger partial charge in [0.2, 0.25) is 5.92 Å². The largest absolute Gasteiger partial charge is 0.310 e. The molecule has 2 aliphatic rings. The number of allylic oxidation sites excluding steroid dienone is 1. The lowest BCUT2D eigenvalue weighted by Gasteiger charge is -2.36.